The van der Waals surface area contributed by atoms with Gasteiger partial charge in [-0.15, -0.1) is 0 Å². The molecule has 1 saturated carbocycles. The highest BCUT2D eigenvalue weighted by atomic mass is 16.5. The number of ether oxygens (including phenoxy) is 1. The van der Waals surface area contributed by atoms with Crippen molar-refractivity contribution in [1.29, 1.82) is 0 Å². The number of hydrogen-bond acceptors (Lipinski definition) is 3. The van der Waals surface area contributed by atoms with E-state index in [1.165, 1.54) is 19.3 Å². The molecule has 1 N–H and O–H groups in total. The van der Waals surface area contributed by atoms with Gasteiger partial charge in [0.1, 0.15) is 0 Å². The van der Waals surface area contributed by atoms with Crippen LogP contribution in [-0.2, 0) is 4.74 Å². The summed E-state index contributed by atoms with van der Waals surface area (Å²) in [7, 11) is 2.15. The molecule has 0 aromatic heterocycles. The van der Waals surface area contributed by atoms with Crippen molar-refractivity contribution in [1.82, 2.24) is 4.90 Å². The Balaban J connectivity index is 1.87. The molecule has 18 heavy (non-hydrogen) atoms. The second-order valence-corrected chi connectivity index (χ2v) is 6.53. The molecule has 1 aliphatic carbocycles. The molecule has 1 heterocycles. The quantitative estimate of drug-likeness (QED) is 0.836. The third kappa shape index (κ3) is 3.46. The first-order chi connectivity index (χ1) is 8.58. The topological polar surface area (TPSA) is 32.7 Å². The van der Waals surface area contributed by atoms with Gasteiger partial charge in [0.15, 0.2) is 0 Å². The first kappa shape index (κ1) is 14.3. The van der Waals surface area contributed by atoms with Gasteiger partial charge in [-0.3, -0.25) is 4.90 Å². The van der Waals surface area contributed by atoms with E-state index in [2.05, 4.69) is 25.8 Å². The second-order valence-electron chi connectivity index (χ2n) is 6.53. The number of aliphatic hydroxyl groups is 1. The van der Waals surface area contributed by atoms with E-state index < -0.39 is 0 Å². The lowest BCUT2D eigenvalue weighted by molar-refractivity contribution is -0.0140. The summed E-state index contributed by atoms with van der Waals surface area (Å²) in [6, 6.07) is 0.329. The molecule has 0 amide bonds. The fourth-order valence-electron chi connectivity index (χ4n) is 3.49. The van der Waals surface area contributed by atoms with Crippen LogP contribution in [0.3, 0.4) is 0 Å². The van der Waals surface area contributed by atoms with E-state index in [1.54, 1.807) is 0 Å². The third-order valence-corrected chi connectivity index (χ3v) is 4.85. The molecule has 106 valence electrons. The van der Waals surface area contributed by atoms with E-state index in [9.17, 15) is 5.11 Å². The van der Waals surface area contributed by atoms with Gasteiger partial charge in [0.2, 0.25) is 0 Å². The first-order valence-corrected chi connectivity index (χ1v) is 7.58. The van der Waals surface area contributed by atoms with Gasteiger partial charge in [-0.1, -0.05) is 13.8 Å². The van der Waals surface area contributed by atoms with Crippen LogP contribution in [0.2, 0.25) is 0 Å². The summed E-state index contributed by atoms with van der Waals surface area (Å²) in [5, 5.41) is 10.2. The standard InChI is InChI=1S/C15H29NO2/c1-11(2)12-6-7-15(17)14(9-12)16(3)10-13-5-4-8-18-13/h11-15,17H,4-10H2,1-3H3. The number of hydrogen-bond donors (Lipinski definition) is 1. The fourth-order valence-corrected chi connectivity index (χ4v) is 3.49. The Kier molecular flexibility index (Phi) is 5.05. The maximum Gasteiger partial charge on any atom is 0.0702 e. The zero-order chi connectivity index (χ0) is 13.1. The van der Waals surface area contributed by atoms with Crippen LogP contribution in [0.5, 0.6) is 0 Å². The lowest BCUT2D eigenvalue weighted by Gasteiger charge is -2.40. The first-order valence-electron chi connectivity index (χ1n) is 7.58. The summed E-state index contributed by atoms with van der Waals surface area (Å²) in [5.74, 6) is 1.50. The molecule has 2 fully saturated rings. The Hall–Kier alpha value is -0.120. The zero-order valence-electron chi connectivity index (χ0n) is 12.1. The van der Waals surface area contributed by atoms with Crippen molar-refractivity contribution in [2.24, 2.45) is 11.8 Å². The van der Waals surface area contributed by atoms with Gasteiger partial charge in [-0.25, -0.2) is 0 Å². The highest BCUT2D eigenvalue weighted by molar-refractivity contribution is 4.87. The molecule has 4 unspecified atom stereocenters. The van der Waals surface area contributed by atoms with Gasteiger partial charge in [0.05, 0.1) is 12.2 Å². The van der Waals surface area contributed by atoms with Crippen LogP contribution in [0.25, 0.3) is 0 Å². The Labute approximate surface area is 112 Å². The number of likely N-dealkylation sites (N-methyl/N-ethyl adjacent to an activating group) is 1. The maximum atomic E-state index is 10.2. The Bertz CT molecular complexity index is 251. The zero-order valence-corrected chi connectivity index (χ0v) is 12.1. The number of nitrogens with zero attached hydrogens (tertiary/aromatic N) is 1. The van der Waals surface area contributed by atoms with E-state index in [-0.39, 0.29) is 6.10 Å². The van der Waals surface area contributed by atoms with Crippen LogP contribution in [0.15, 0.2) is 0 Å². The average Bonchev–Trinajstić information content (AvgIpc) is 2.81. The normalized spacial score (nSPS) is 37.7. The van der Waals surface area contributed by atoms with Gasteiger partial charge < -0.3 is 9.84 Å². The molecule has 2 rings (SSSR count). The van der Waals surface area contributed by atoms with Crippen molar-refractivity contribution in [3.8, 4) is 0 Å². The molecule has 3 nitrogen and oxygen atoms in total. The van der Waals surface area contributed by atoms with E-state index in [4.69, 9.17) is 4.74 Å². The predicted octanol–water partition coefficient (Wildman–Crippen LogP) is 2.28. The maximum absolute atomic E-state index is 10.2. The molecule has 3 heteroatoms. The summed E-state index contributed by atoms with van der Waals surface area (Å²) in [6.45, 7) is 6.51. The summed E-state index contributed by atoms with van der Waals surface area (Å²) >= 11 is 0. The molecule has 0 bridgehead atoms. The van der Waals surface area contributed by atoms with E-state index in [0.29, 0.717) is 12.1 Å². The van der Waals surface area contributed by atoms with E-state index in [1.807, 2.05) is 0 Å². The summed E-state index contributed by atoms with van der Waals surface area (Å²) < 4.78 is 5.70. The number of rotatable bonds is 4. The number of aliphatic hydroxyl groups excluding tert-OH is 1. The molecular weight excluding hydrogens is 226 g/mol. The van der Waals surface area contributed by atoms with Gasteiger partial charge >= 0.3 is 0 Å². The van der Waals surface area contributed by atoms with Crippen molar-refractivity contribution in [2.75, 3.05) is 20.2 Å². The van der Waals surface area contributed by atoms with Crippen molar-refractivity contribution in [3.63, 3.8) is 0 Å². The fraction of sp³-hybridized carbons (Fsp3) is 1.00. The monoisotopic (exact) mass is 255 g/mol. The lowest BCUT2D eigenvalue weighted by Crippen LogP contribution is -2.48. The van der Waals surface area contributed by atoms with Crippen LogP contribution in [0.4, 0.5) is 0 Å². The molecule has 1 saturated heterocycles. The van der Waals surface area contributed by atoms with Crippen molar-refractivity contribution >= 4 is 0 Å². The van der Waals surface area contributed by atoms with Crippen LogP contribution < -0.4 is 0 Å². The average molecular weight is 255 g/mol. The van der Waals surface area contributed by atoms with Crippen molar-refractivity contribution < 1.29 is 9.84 Å². The summed E-state index contributed by atoms with van der Waals surface area (Å²) in [4.78, 5) is 2.34. The highest BCUT2D eigenvalue weighted by Crippen LogP contribution is 2.32. The Morgan fingerprint density at radius 2 is 2.06 bits per heavy atom. The largest absolute Gasteiger partial charge is 0.391 e. The Morgan fingerprint density at radius 1 is 1.28 bits per heavy atom. The van der Waals surface area contributed by atoms with E-state index in [0.717, 1.165) is 37.8 Å². The van der Waals surface area contributed by atoms with Gasteiger partial charge in [0, 0.05) is 19.2 Å². The van der Waals surface area contributed by atoms with Crippen molar-refractivity contribution in [2.45, 2.75) is 64.2 Å². The smallest absolute Gasteiger partial charge is 0.0702 e. The minimum atomic E-state index is -0.147. The molecule has 0 aromatic rings. The molecule has 1 aliphatic heterocycles. The highest BCUT2D eigenvalue weighted by Gasteiger charge is 2.34. The van der Waals surface area contributed by atoms with Crippen LogP contribution in [0, 0.1) is 11.8 Å². The second kappa shape index (κ2) is 6.36. The summed E-state index contributed by atoms with van der Waals surface area (Å²) in [6.07, 6.45) is 5.91. The van der Waals surface area contributed by atoms with Crippen molar-refractivity contribution in [3.05, 3.63) is 0 Å². The Morgan fingerprint density at radius 3 is 2.67 bits per heavy atom. The van der Waals surface area contributed by atoms with Crippen LogP contribution >= 0.6 is 0 Å². The van der Waals surface area contributed by atoms with E-state index >= 15 is 0 Å². The minimum absolute atomic E-state index is 0.147. The van der Waals surface area contributed by atoms with Crippen LogP contribution in [-0.4, -0.2) is 48.5 Å². The third-order valence-electron chi connectivity index (χ3n) is 4.85. The van der Waals surface area contributed by atoms with Gasteiger partial charge in [-0.05, 0) is 51.0 Å². The predicted molar refractivity (Wildman–Crippen MR) is 73.6 cm³/mol. The van der Waals surface area contributed by atoms with Gasteiger partial charge in [-0.2, -0.15) is 0 Å². The molecule has 0 radical (unpaired) electrons. The van der Waals surface area contributed by atoms with Crippen LogP contribution in [0.1, 0.15) is 46.0 Å². The molecule has 4 atom stereocenters. The lowest BCUT2D eigenvalue weighted by atomic mass is 9.77. The molecule has 0 spiro atoms. The summed E-state index contributed by atoms with van der Waals surface area (Å²) in [5.41, 5.74) is 0. The molecular formula is C15H29NO2. The minimum Gasteiger partial charge on any atom is -0.391 e. The molecule has 2 aliphatic rings. The molecule has 0 aromatic carbocycles. The SMILES string of the molecule is CC(C)C1CCC(O)C(N(C)CC2CCCO2)C1. The van der Waals surface area contributed by atoms with Gasteiger partial charge in [0.25, 0.3) is 0 Å².